The number of ether oxygens (including phenoxy) is 1. The molecule has 0 aliphatic heterocycles. The van der Waals surface area contributed by atoms with Gasteiger partial charge < -0.3 is 10.1 Å². The molecule has 2 bridgehead atoms. The van der Waals surface area contributed by atoms with Crippen LogP contribution in [-0.2, 0) is 6.54 Å². The molecular weight excluding hydrogens is 318 g/mol. The Kier molecular flexibility index (Phi) is 4.56. The molecule has 4 nitrogen and oxygen atoms in total. The van der Waals surface area contributed by atoms with E-state index in [-0.39, 0.29) is 5.41 Å². The third kappa shape index (κ3) is 2.90. The van der Waals surface area contributed by atoms with Gasteiger partial charge in [-0.05, 0) is 60.5 Å². The van der Waals surface area contributed by atoms with Crippen LogP contribution in [0.1, 0.15) is 45.6 Å². The van der Waals surface area contributed by atoms with Crippen molar-refractivity contribution in [2.75, 3.05) is 7.11 Å². The van der Waals surface area contributed by atoms with Crippen molar-refractivity contribution < 1.29 is 4.74 Å². The predicted octanol–water partition coefficient (Wildman–Crippen LogP) is 3.86. The molecule has 1 aromatic carbocycles. The fraction of sp³-hybridized carbons (Fsp3) is 0.579. The molecule has 1 aromatic rings. The van der Waals surface area contributed by atoms with Gasteiger partial charge >= 0.3 is 0 Å². The van der Waals surface area contributed by atoms with Crippen molar-refractivity contribution in [1.29, 1.82) is 0 Å². The highest BCUT2D eigenvalue weighted by atomic mass is 32.1. The lowest BCUT2D eigenvalue weighted by atomic mass is 9.70. The molecule has 2 N–H and O–H groups in total. The summed E-state index contributed by atoms with van der Waals surface area (Å²) in [4.78, 5) is 0. The van der Waals surface area contributed by atoms with Gasteiger partial charge in [0.05, 0.1) is 7.11 Å². The average molecular weight is 346 g/mol. The van der Waals surface area contributed by atoms with Crippen LogP contribution in [0.2, 0.25) is 0 Å². The van der Waals surface area contributed by atoms with Gasteiger partial charge in [0, 0.05) is 17.7 Å². The van der Waals surface area contributed by atoms with Crippen LogP contribution in [0.25, 0.3) is 0 Å². The summed E-state index contributed by atoms with van der Waals surface area (Å²) in [5.41, 5.74) is 6.02. The van der Waals surface area contributed by atoms with Crippen LogP contribution >= 0.6 is 12.2 Å². The molecule has 24 heavy (non-hydrogen) atoms. The Bertz CT molecular complexity index is 653. The van der Waals surface area contributed by atoms with E-state index in [1.54, 1.807) is 7.11 Å². The number of benzene rings is 1. The van der Waals surface area contributed by atoms with Crippen LogP contribution in [0, 0.1) is 16.7 Å². The molecular formula is C19H27N3OS. The van der Waals surface area contributed by atoms with Gasteiger partial charge in [-0.15, -0.1) is 0 Å². The second kappa shape index (κ2) is 6.36. The molecule has 0 amide bonds. The smallest absolute Gasteiger partial charge is 0.187 e. The molecule has 0 radical (unpaired) electrons. The number of nitrogens with zero attached hydrogens (tertiary/aromatic N) is 1. The van der Waals surface area contributed by atoms with Gasteiger partial charge in [-0.25, -0.2) is 0 Å². The minimum Gasteiger partial charge on any atom is -0.497 e. The first kappa shape index (κ1) is 17.2. The van der Waals surface area contributed by atoms with E-state index in [9.17, 15) is 0 Å². The van der Waals surface area contributed by atoms with Gasteiger partial charge in [0.15, 0.2) is 5.11 Å². The largest absolute Gasteiger partial charge is 0.497 e. The summed E-state index contributed by atoms with van der Waals surface area (Å²) in [6, 6.07) is 7.96. The Morgan fingerprint density at radius 3 is 2.54 bits per heavy atom. The lowest BCUT2D eigenvalue weighted by Gasteiger charge is -2.34. The van der Waals surface area contributed by atoms with Crippen molar-refractivity contribution in [3.63, 3.8) is 0 Å². The van der Waals surface area contributed by atoms with E-state index in [1.807, 2.05) is 24.3 Å². The third-order valence-corrected chi connectivity index (χ3v) is 6.65. The molecule has 0 unspecified atom stereocenters. The highest BCUT2D eigenvalue weighted by Crippen LogP contribution is 2.63. The molecule has 2 aliphatic carbocycles. The Morgan fingerprint density at radius 1 is 1.29 bits per heavy atom. The van der Waals surface area contributed by atoms with Crippen LogP contribution in [-0.4, -0.2) is 17.9 Å². The number of fused-ring (bicyclic) bond motifs is 2. The second-order valence-electron chi connectivity index (χ2n) is 7.69. The topological polar surface area (TPSA) is 45.6 Å². The van der Waals surface area contributed by atoms with Crippen LogP contribution in [0.4, 0.5) is 0 Å². The monoisotopic (exact) mass is 345 g/mol. The fourth-order valence-corrected chi connectivity index (χ4v) is 4.30. The van der Waals surface area contributed by atoms with Crippen molar-refractivity contribution in [3.05, 3.63) is 29.8 Å². The molecule has 2 aliphatic rings. The third-order valence-electron chi connectivity index (χ3n) is 6.42. The van der Waals surface area contributed by atoms with Crippen molar-refractivity contribution in [3.8, 4) is 5.75 Å². The lowest BCUT2D eigenvalue weighted by molar-refractivity contribution is 0.193. The first-order valence-electron chi connectivity index (χ1n) is 8.60. The van der Waals surface area contributed by atoms with Crippen LogP contribution in [0.3, 0.4) is 0 Å². The summed E-state index contributed by atoms with van der Waals surface area (Å²) < 4.78 is 5.16. The first-order chi connectivity index (χ1) is 11.4. The normalized spacial score (nSPS) is 28.8. The molecule has 0 saturated heterocycles. The number of hydrogen-bond acceptors (Lipinski definition) is 3. The van der Waals surface area contributed by atoms with E-state index >= 15 is 0 Å². The zero-order valence-corrected chi connectivity index (χ0v) is 15.8. The number of rotatable bonds is 4. The van der Waals surface area contributed by atoms with Crippen molar-refractivity contribution in [2.45, 2.75) is 46.6 Å². The Hall–Kier alpha value is -1.62. The van der Waals surface area contributed by atoms with E-state index in [4.69, 9.17) is 17.0 Å². The van der Waals surface area contributed by atoms with Gasteiger partial charge in [0.25, 0.3) is 0 Å². The number of hydrazone groups is 1. The summed E-state index contributed by atoms with van der Waals surface area (Å²) in [6.07, 6.45) is 3.65. The van der Waals surface area contributed by atoms with E-state index in [2.05, 4.69) is 36.6 Å². The number of hydrogen-bond donors (Lipinski definition) is 2. The van der Waals surface area contributed by atoms with E-state index in [1.165, 1.54) is 18.6 Å². The summed E-state index contributed by atoms with van der Waals surface area (Å²) >= 11 is 5.36. The van der Waals surface area contributed by atoms with E-state index in [0.717, 1.165) is 23.7 Å². The summed E-state index contributed by atoms with van der Waals surface area (Å²) in [6.45, 7) is 7.79. The Labute approximate surface area is 150 Å². The first-order valence-corrected chi connectivity index (χ1v) is 9.01. The molecule has 2 saturated carbocycles. The summed E-state index contributed by atoms with van der Waals surface area (Å²) in [5.74, 6) is 1.61. The maximum Gasteiger partial charge on any atom is 0.187 e. The average Bonchev–Trinajstić information content (AvgIpc) is 2.91. The van der Waals surface area contributed by atoms with Crippen LogP contribution in [0.15, 0.2) is 29.4 Å². The Morgan fingerprint density at radius 2 is 2.00 bits per heavy atom. The highest BCUT2D eigenvalue weighted by Gasteiger charge is 2.59. The molecule has 5 heteroatoms. The quantitative estimate of drug-likeness (QED) is 0.642. The van der Waals surface area contributed by atoms with Crippen LogP contribution < -0.4 is 15.5 Å². The fourth-order valence-electron chi connectivity index (χ4n) is 4.18. The van der Waals surface area contributed by atoms with Gasteiger partial charge in [-0.3, -0.25) is 5.43 Å². The molecule has 0 aromatic heterocycles. The SMILES string of the molecule is COc1ccc(CNC(=S)N/N=C2/C[C@@H]3CC[C@@]2(C)C3(C)C)cc1. The second-order valence-corrected chi connectivity index (χ2v) is 8.10. The van der Waals surface area contributed by atoms with Crippen molar-refractivity contribution in [2.24, 2.45) is 21.8 Å². The van der Waals surface area contributed by atoms with Gasteiger partial charge in [0.2, 0.25) is 0 Å². The molecule has 2 fully saturated rings. The van der Waals surface area contributed by atoms with Crippen LogP contribution in [0.5, 0.6) is 5.75 Å². The van der Waals surface area contributed by atoms with Gasteiger partial charge in [0.1, 0.15) is 5.75 Å². The van der Waals surface area contributed by atoms with E-state index < -0.39 is 0 Å². The van der Waals surface area contributed by atoms with Gasteiger partial charge in [-0.2, -0.15) is 5.10 Å². The zero-order valence-electron chi connectivity index (χ0n) is 15.0. The molecule has 0 spiro atoms. The number of thiocarbonyl (C=S) groups is 1. The molecule has 0 heterocycles. The lowest BCUT2D eigenvalue weighted by Crippen LogP contribution is -2.36. The Balaban J connectivity index is 1.54. The minimum absolute atomic E-state index is 0.205. The maximum atomic E-state index is 5.36. The van der Waals surface area contributed by atoms with Crippen molar-refractivity contribution >= 4 is 23.0 Å². The summed E-state index contributed by atoms with van der Waals surface area (Å²) in [5, 5.41) is 8.44. The maximum absolute atomic E-state index is 5.36. The van der Waals surface area contributed by atoms with Crippen molar-refractivity contribution in [1.82, 2.24) is 10.7 Å². The molecule has 3 rings (SSSR count). The molecule has 2 atom stereocenters. The molecule has 130 valence electrons. The van der Waals surface area contributed by atoms with E-state index in [0.29, 0.717) is 17.1 Å². The minimum atomic E-state index is 0.205. The highest BCUT2D eigenvalue weighted by molar-refractivity contribution is 7.80. The predicted molar refractivity (Wildman–Crippen MR) is 102 cm³/mol. The van der Waals surface area contributed by atoms with Gasteiger partial charge in [-0.1, -0.05) is 32.9 Å². The summed E-state index contributed by atoms with van der Waals surface area (Å²) in [7, 11) is 1.67. The number of nitrogens with one attached hydrogen (secondary N) is 2. The standard InChI is InChI=1S/C19H27N3OS/c1-18(2)14-9-10-19(18,3)16(11-14)21-22-17(24)20-12-13-5-7-15(23-4)8-6-13/h5-8,14H,9-12H2,1-4H3,(H2,20,22,24)/b21-16-/t14-,19+/m0/s1. The number of methoxy groups -OCH3 is 1. The zero-order chi connectivity index (χ0) is 17.4.